The first-order valence-corrected chi connectivity index (χ1v) is 12.8. The number of nitrogens with zero attached hydrogens (tertiary/aromatic N) is 1. The molecule has 36 heavy (non-hydrogen) atoms. The molecule has 1 fully saturated rings. The van der Waals surface area contributed by atoms with Crippen LogP contribution in [0.15, 0.2) is 54.6 Å². The van der Waals surface area contributed by atoms with Crippen molar-refractivity contribution < 1.29 is 24.2 Å². The lowest BCUT2D eigenvalue weighted by atomic mass is 9.88. The summed E-state index contributed by atoms with van der Waals surface area (Å²) < 4.78 is 5.33. The van der Waals surface area contributed by atoms with Gasteiger partial charge in [-0.2, -0.15) is 12.6 Å². The first-order valence-electron chi connectivity index (χ1n) is 12.1. The molecule has 0 saturated heterocycles. The Morgan fingerprint density at radius 3 is 2.28 bits per heavy atom. The number of para-hydroxylation sites is 1. The molecule has 9 heteroatoms. The van der Waals surface area contributed by atoms with Gasteiger partial charge in [0.1, 0.15) is 23.4 Å². The van der Waals surface area contributed by atoms with Crippen LogP contribution in [0.1, 0.15) is 57.2 Å². The van der Waals surface area contributed by atoms with Crippen molar-refractivity contribution >= 4 is 30.5 Å². The maximum absolute atomic E-state index is 13.9. The highest BCUT2D eigenvalue weighted by Gasteiger charge is 2.42. The summed E-state index contributed by atoms with van der Waals surface area (Å²) >= 11 is 4.30. The van der Waals surface area contributed by atoms with Crippen LogP contribution in [-0.4, -0.2) is 51.4 Å². The number of aromatic hydroxyl groups is 1. The third-order valence-electron chi connectivity index (χ3n) is 5.96. The van der Waals surface area contributed by atoms with Crippen LogP contribution in [0, 0.1) is 0 Å². The molecule has 2 aromatic carbocycles. The number of hydrogen-bond acceptors (Lipinski definition) is 6. The van der Waals surface area contributed by atoms with Crippen LogP contribution in [0.2, 0.25) is 0 Å². The lowest BCUT2D eigenvalue weighted by Crippen LogP contribution is -2.58. The van der Waals surface area contributed by atoms with E-state index in [0.29, 0.717) is 18.4 Å². The molecule has 1 aliphatic rings. The minimum Gasteiger partial charge on any atom is -0.508 e. The maximum Gasteiger partial charge on any atom is 0.408 e. The van der Waals surface area contributed by atoms with E-state index >= 15 is 0 Å². The molecule has 0 aliphatic heterocycles. The molecule has 2 aromatic rings. The summed E-state index contributed by atoms with van der Waals surface area (Å²) in [4.78, 5) is 41.4. The van der Waals surface area contributed by atoms with E-state index in [1.807, 2.05) is 30.3 Å². The minimum absolute atomic E-state index is 0.0143. The Hall–Kier alpha value is -3.20. The summed E-state index contributed by atoms with van der Waals surface area (Å²) in [5, 5.41) is 16.2. The number of phenolic OH excluding ortho intramolecular Hbond substituents is 1. The molecule has 2 unspecified atom stereocenters. The molecule has 1 saturated carbocycles. The van der Waals surface area contributed by atoms with Gasteiger partial charge >= 0.3 is 6.09 Å². The van der Waals surface area contributed by atoms with Gasteiger partial charge in [-0.3, -0.25) is 9.59 Å². The van der Waals surface area contributed by atoms with Crippen LogP contribution in [0.25, 0.3) is 0 Å². The zero-order chi connectivity index (χ0) is 26.3. The van der Waals surface area contributed by atoms with Gasteiger partial charge in [0.05, 0.1) is 0 Å². The van der Waals surface area contributed by atoms with Crippen molar-refractivity contribution in [3.8, 4) is 5.75 Å². The van der Waals surface area contributed by atoms with Gasteiger partial charge in [-0.05, 0) is 51.7 Å². The van der Waals surface area contributed by atoms with E-state index in [0.717, 1.165) is 12.0 Å². The van der Waals surface area contributed by atoms with Crippen LogP contribution < -0.4 is 10.6 Å². The fourth-order valence-electron chi connectivity index (χ4n) is 4.02. The van der Waals surface area contributed by atoms with Crippen molar-refractivity contribution in [2.75, 3.05) is 5.75 Å². The van der Waals surface area contributed by atoms with Gasteiger partial charge in [0.15, 0.2) is 0 Å². The number of thiol groups is 1. The smallest absolute Gasteiger partial charge is 0.408 e. The third kappa shape index (κ3) is 7.16. The zero-order valence-electron chi connectivity index (χ0n) is 20.9. The highest BCUT2D eigenvalue weighted by atomic mass is 32.1. The first-order chi connectivity index (χ1) is 17.1. The Labute approximate surface area is 217 Å². The fourth-order valence-corrected chi connectivity index (χ4v) is 4.26. The molecule has 0 bridgehead atoms. The molecule has 194 valence electrons. The number of phenols is 1. The summed E-state index contributed by atoms with van der Waals surface area (Å²) in [5.41, 5.74) is 0.485. The Kier molecular flexibility index (Phi) is 9.25. The average Bonchev–Trinajstić information content (AvgIpc) is 2.79. The molecular weight excluding hydrogens is 478 g/mol. The van der Waals surface area contributed by atoms with Crippen molar-refractivity contribution in [3.05, 3.63) is 65.7 Å². The molecule has 0 spiro atoms. The van der Waals surface area contributed by atoms with Gasteiger partial charge in [0.2, 0.25) is 11.8 Å². The summed E-state index contributed by atoms with van der Waals surface area (Å²) in [5.74, 6) is -0.947. The van der Waals surface area contributed by atoms with E-state index < -0.39 is 35.6 Å². The Morgan fingerprint density at radius 2 is 1.72 bits per heavy atom. The quantitative estimate of drug-likeness (QED) is 0.380. The van der Waals surface area contributed by atoms with Gasteiger partial charge in [0, 0.05) is 23.9 Å². The number of carbonyl (C=O) groups excluding carboxylic acids is 3. The molecular formula is C27H35N3O5S. The van der Waals surface area contributed by atoms with E-state index in [2.05, 4.69) is 23.3 Å². The van der Waals surface area contributed by atoms with Gasteiger partial charge in [-0.15, -0.1) is 0 Å². The SMILES string of the molecule is CC(C)(C)OC(=O)NC(CS)C(=O)N(C1CCC1)C(C(=O)NCc1ccccc1)c1ccccc1O. The predicted molar refractivity (Wildman–Crippen MR) is 141 cm³/mol. The number of rotatable bonds is 9. The molecule has 3 rings (SSSR count). The summed E-state index contributed by atoms with van der Waals surface area (Å²) in [6.45, 7) is 5.46. The Balaban J connectivity index is 1.92. The number of carbonyl (C=O) groups is 3. The summed E-state index contributed by atoms with van der Waals surface area (Å²) in [6.07, 6.45) is 1.61. The number of alkyl carbamates (subject to hydrolysis) is 1. The summed E-state index contributed by atoms with van der Waals surface area (Å²) in [7, 11) is 0. The molecule has 1 aliphatic carbocycles. The Bertz CT molecular complexity index is 1050. The van der Waals surface area contributed by atoms with Gasteiger partial charge in [-0.25, -0.2) is 4.79 Å². The third-order valence-corrected chi connectivity index (χ3v) is 6.33. The average molecular weight is 514 g/mol. The lowest BCUT2D eigenvalue weighted by Gasteiger charge is -2.43. The second-order valence-electron chi connectivity index (χ2n) is 9.88. The van der Waals surface area contributed by atoms with Crippen LogP contribution in [0.5, 0.6) is 5.75 Å². The maximum atomic E-state index is 13.9. The molecule has 3 N–H and O–H groups in total. The minimum atomic E-state index is -1.09. The van der Waals surface area contributed by atoms with E-state index in [-0.39, 0.29) is 24.1 Å². The highest BCUT2D eigenvalue weighted by Crippen LogP contribution is 2.36. The first kappa shape index (κ1) is 27.4. The van der Waals surface area contributed by atoms with Crippen molar-refractivity contribution in [2.45, 2.75) is 70.3 Å². The van der Waals surface area contributed by atoms with E-state index in [9.17, 15) is 19.5 Å². The monoisotopic (exact) mass is 513 g/mol. The van der Waals surface area contributed by atoms with Crippen LogP contribution in [0.3, 0.4) is 0 Å². The van der Waals surface area contributed by atoms with Crippen molar-refractivity contribution in [2.24, 2.45) is 0 Å². The second-order valence-corrected chi connectivity index (χ2v) is 10.2. The molecule has 3 amide bonds. The standard InChI is InChI=1S/C27H35N3O5S/c1-27(2,3)35-26(34)29-21(17-36)25(33)30(19-12-9-13-19)23(20-14-7-8-15-22(20)31)24(32)28-16-18-10-5-4-6-11-18/h4-8,10-11,14-15,19,21,23,31,36H,9,12-13,16-17H2,1-3H3,(H,28,32)(H,29,34). The van der Waals surface area contributed by atoms with Crippen molar-refractivity contribution in [3.63, 3.8) is 0 Å². The van der Waals surface area contributed by atoms with E-state index in [1.54, 1.807) is 39.0 Å². The normalized spacial score (nSPS) is 15.2. The molecule has 8 nitrogen and oxygen atoms in total. The largest absolute Gasteiger partial charge is 0.508 e. The number of amides is 3. The highest BCUT2D eigenvalue weighted by molar-refractivity contribution is 7.80. The zero-order valence-corrected chi connectivity index (χ0v) is 21.8. The lowest BCUT2D eigenvalue weighted by molar-refractivity contribution is -0.147. The van der Waals surface area contributed by atoms with Crippen molar-refractivity contribution in [1.82, 2.24) is 15.5 Å². The number of benzene rings is 2. The number of hydrogen-bond donors (Lipinski definition) is 4. The fraction of sp³-hybridized carbons (Fsp3) is 0.444. The summed E-state index contributed by atoms with van der Waals surface area (Å²) in [6, 6.07) is 13.6. The molecule has 0 heterocycles. The van der Waals surface area contributed by atoms with Gasteiger partial charge in [0.25, 0.3) is 0 Å². The Morgan fingerprint density at radius 1 is 1.08 bits per heavy atom. The van der Waals surface area contributed by atoms with E-state index in [1.165, 1.54) is 11.0 Å². The topological polar surface area (TPSA) is 108 Å². The van der Waals surface area contributed by atoms with Gasteiger partial charge in [-0.1, -0.05) is 48.5 Å². The van der Waals surface area contributed by atoms with E-state index in [4.69, 9.17) is 4.74 Å². The molecule has 2 atom stereocenters. The van der Waals surface area contributed by atoms with Gasteiger partial charge < -0.3 is 25.4 Å². The number of nitrogens with one attached hydrogen (secondary N) is 2. The van der Waals surface area contributed by atoms with Crippen LogP contribution in [-0.2, 0) is 20.9 Å². The second kappa shape index (κ2) is 12.2. The molecule has 0 aromatic heterocycles. The molecule has 0 radical (unpaired) electrons. The predicted octanol–water partition coefficient (Wildman–Crippen LogP) is 3.95. The van der Waals surface area contributed by atoms with Crippen molar-refractivity contribution in [1.29, 1.82) is 0 Å². The van der Waals surface area contributed by atoms with Crippen LogP contribution in [0.4, 0.5) is 4.79 Å². The number of ether oxygens (including phenoxy) is 1. The van der Waals surface area contributed by atoms with Crippen LogP contribution >= 0.6 is 12.6 Å².